The molecule has 0 unspecified atom stereocenters. The third-order valence-corrected chi connectivity index (χ3v) is 3.79. The maximum absolute atomic E-state index is 9.74. The largest absolute Gasteiger partial charge is 0.508 e. The van der Waals surface area contributed by atoms with Gasteiger partial charge in [0.1, 0.15) is 11.5 Å². The lowest BCUT2D eigenvalue weighted by molar-refractivity contribution is 0.472. The third-order valence-electron chi connectivity index (χ3n) is 3.79. The number of rotatable bonds is 3. The smallest absolute Gasteiger partial charge is 0.116 e. The highest BCUT2D eigenvalue weighted by Crippen LogP contribution is 2.37. The average Bonchev–Trinajstić information content (AvgIpc) is 2.39. The molecule has 2 N–H and O–H groups in total. The summed E-state index contributed by atoms with van der Waals surface area (Å²) in [5.41, 5.74) is 3.27. The number of hydrogen-bond acceptors (Lipinski definition) is 2. The second kappa shape index (κ2) is 4.96. The van der Waals surface area contributed by atoms with Crippen molar-refractivity contribution in [2.24, 2.45) is 0 Å². The Morgan fingerprint density at radius 1 is 0.895 bits per heavy atom. The van der Waals surface area contributed by atoms with Crippen LogP contribution in [0, 0.1) is 0 Å². The van der Waals surface area contributed by atoms with Gasteiger partial charge in [-0.25, -0.2) is 0 Å². The Hall–Kier alpha value is -1.96. The van der Waals surface area contributed by atoms with Gasteiger partial charge in [0.2, 0.25) is 0 Å². The summed E-state index contributed by atoms with van der Waals surface area (Å²) in [5, 5.41) is 19.1. The molecule has 0 bridgehead atoms. The second-order valence-corrected chi connectivity index (χ2v) is 5.51. The minimum atomic E-state index is 0.0426. The maximum Gasteiger partial charge on any atom is 0.116 e. The topological polar surface area (TPSA) is 40.5 Å². The predicted molar refractivity (Wildman–Crippen MR) is 78.5 cm³/mol. The first-order chi connectivity index (χ1) is 8.94. The zero-order chi connectivity index (χ0) is 14.0. The molecular formula is C17H20O2. The fourth-order valence-electron chi connectivity index (χ4n) is 2.19. The van der Waals surface area contributed by atoms with Gasteiger partial charge in [0.05, 0.1) is 0 Å². The van der Waals surface area contributed by atoms with E-state index in [4.69, 9.17) is 0 Å². The van der Waals surface area contributed by atoms with Crippen LogP contribution in [0.3, 0.4) is 0 Å². The van der Waals surface area contributed by atoms with E-state index in [2.05, 4.69) is 20.8 Å². The number of phenolic OH excluding ortho intramolecular Hbond substituents is 2. The van der Waals surface area contributed by atoms with E-state index in [1.165, 1.54) is 5.56 Å². The highest BCUT2D eigenvalue weighted by Gasteiger charge is 2.22. The molecule has 19 heavy (non-hydrogen) atoms. The van der Waals surface area contributed by atoms with Crippen molar-refractivity contribution < 1.29 is 10.2 Å². The van der Waals surface area contributed by atoms with Crippen molar-refractivity contribution in [2.45, 2.75) is 32.6 Å². The quantitative estimate of drug-likeness (QED) is 0.851. The molecule has 0 heterocycles. The van der Waals surface area contributed by atoms with Gasteiger partial charge in [-0.3, -0.25) is 0 Å². The van der Waals surface area contributed by atoms with E-state index in [-0.39, 0.29) is 16.9 Å². The lowest BCUT2D eigenvalue weighted by Crippen LogP contribution is -2.16. The Morgan fingerprint density at radius 2 is 1.47 bits per heavy atom. The van der Waals surface area contributed by atoms with Crippen LogP contribution in [0.1, 0.15) is 32.8 Å². The van der Waals surface area contributed by atoms with E-state index < -0.39 is 0 Å². The van der Waals surface area contributed by atoms with Crippen LogP contribution in [-0.4, -0.2) is 10.2 Å². The van der Waals surface area contributed by atoms with Gasteiger partial charge in [0.15, 0.2) is 0 Å². The lowest BCUT2D eigenvalue weighted by atomic mass is 9.78. The molecule has 0 aromatic heterocycles. The normalized spacial score (nSPS) is 11.5. The SMILES string of the molecule is CCC(C)(C)c1ccc(O)cc1-c1ccc(O)cc1. The molecule has 0 saturated carbocycles. The van der Waals surface area contributed by atoms with Crippen LogP contribution in [0.15, 0.2) is 42.5 Å². The van der Waals surface area contributed by atoms with Crippen molar-refractivity contribution in [2.75, 3.05) is 0 Å². The highest BCUT2D eigenvalue weighted by atomic mass is 16.3. The minimum absolute atomic E-state index is 0.0426. The third kappa shape index (κ3) is 2.73. The van der Waals surface area contributed by atoms with Gasteiger partial charge in [0, 0.05) is 0 Å². The molecule has 0 atom stereocenters. The van der Waals surface area contributed by atoms with Gasteiger partial charge in [-0.2, -0.15) is 0 Å². The van der Waals surface area contributed by atoms with E-state index in [1.54, 1.807) is 24.3 Å². The molecule has 0 aliphatic heterocycles. The molecule has 0 aliphatic carbocycles. The molecule has 2 rings (SSSR count). The van der Waals surface area contributed by atoms with Gasteiger partial charge in [0.25, 0.3) is 0 Å². The maximum atomic E-state index is 9.74. The van der Waals surface area contributed by atoms with Crippen molar-refractivity contribution in [3.63, 3.8) is 0 Å². The van der Waals surface area contributed by atoms with E-state index in [9.17, 15) is 10.2 Å². The van der Waals surface area contributed by atoms with E-state index in [0.29, 0.717) is 0 Å². The first-order valence-electron chi connectivity index (χ1n) is 6.57. The summed E-state index contributed by atoms with van der Waals surface area (Å²) in [6, 6.07) is 12.6. The first kappa shape index (κ1) is 13.5. The number of benzene rings is 2. The van der Waals surface area contributed by atoms with Crippen LogP contribution >= 0.6 is 0 Å². The zero-order valence-corrected chi connectivity index (χ0v) is 11.6. The van der Waals surface area contributed by atoms with Crippen molar-refractivity contribution >= 4 is 0 Å². The zero-order valence-electron chi connectivity index (χ0n) is 11.6. The molecule has 0 fully saturated rings. The second-order valence-electron chi connectivity index (χ2n) is 5.51. The van der Waals surface area contributed by atoms with Crippen LogP contribution < -0.4 is 0 Å². The van der Waals surface area contributed by atoms with Crippen LogP contribution in [-0.2, 0) is 5.41 Å². The fourth-order valence-corrected chi connectivity index (χ4v) is 2.19. The van der Waals surface area contributed by atoms with Gasteiger partial charge in [-0.15, -0.1) is 0 Å². The van der Waals surface area contributed by atoms with Gasteiger partial charge < -0.3 is 10.2 Å². The summed E-state index contributed by atoms with van der Waals surface area (Å²) in [6.45, 7) is 6.56. The highest BCUT2D eigenvalue weighted by molar-refractivity contribution is 5.70. The molecule has 0 saturated heterocycles. The van der Waals surface area contributed by atoms with Gasteiger partial charge >= 0.3 is 0 Å². The minimum Gasteiger partial charge on any atom is -0.508 e. The van der Waals surface area contributed by atoms with E-state index >= 15 is 0 Å². The standard InChI is InChI=1S/C17H20O2/c1-4-17(2,3)16-10-9-14(19)11-15(16)12-5-7-13(18)8-6-12/h5-11,18-19H,4H2,1-3H3. The molecule has 2 heteroatoms. The van der Waals surface area contributed by atoms with Gasteiger partial charge in [-0.05, 0) is 52.8 Å². The predicted octanol–water partition coefficient (Wildman–Crippen LogP) is 4.45. The van der Waals surface area contributed by atoms with Crippen molar-refractivity contribution in [3.8, 4) is 22.6 Å². The molecular weight excluding hydrogens is 236 g/mol. The Morgan fingerprint density at radius 3 is 2.05 bits per heavy atom. The molecule has 100 valence electrons. The Bertz CT molecular complexity index is 568. The first-order valence-corrected chi connectivity index (χ1v) is 6.57. The lowest BCUT2D eigenvalue weighted by Gasteiger charge is -2.26. The molecule has 2 nitrogen and oxygen atoms in total. The Kier molecular flexibility index (Phi) is 3.52. The molecule has 0 spiro atoms. The van der Waals surface area contributed by atoms with Crippen molar-refractivity contribution in [1.29, 1.82) is 0 Å². The van der Waals surface area contributed by atoms with Crippen LogP contribution in [0.25, 0.3) is 11.1 Å². The number of phenols is 2. The summed E-state index contributed by atoms with van der Waals surface area (Å²) >= 11 is 0. The van der Waals surface area contributed by atoms with Crippen LogP contribution in [0.5, 0.6) is 11.5 Å². The van der Waals surface area contributed by atoms with Crippen molar-refractivity contribution in [3.05, 3.63) is 48.0 Å². The summed E-state index contributed by atoms with van der Waals surface area (Å²) in [7, 11) is 0. The number of hydrogen-bond donors (Lipinski definition) is 2. The molecule has 2 aromatic rings. The summed E-state index contributed by atoms with van der Waals surface area (Å²) in [6.07, 6.45) is 1.02. The van der Waals surface area contributed by atoms with Crippen molar-refractivity contribution in [1.82, 2.24) is 0 Å². The Balaban J connectivity index is 2.61. The van der Waals surface area contributed by atoms with Crippen LogP contribution in [0.2, 0.25) is 0 Å². The molecule has 0 amide bonds. The van der Waals surface area contributed by atoms with E-state index in [0.717, 1.165) is 17.5 Å². The molecule has 2 aromatic carbocycles. The van der Waals surface area contributed by atoms with Gasteiger partial charge in [-0.1, -0.05) is 39.0 Å². The Labute approximate surface area is 114 Å². The molecule has 0 radical (unpaired) electrons. The summed E-state index contributed by atoms with van der Waals surface area (Å²) in [5.74, 6) is 0.513. The van der Waals surface area contributed by atoms with E-state index in [1.807, 2.05) is 18.2 Å². The fraction of sp³-hybridized carbons (Fsp3) is 0.294. The van der Waals surface area contributed by atoms with Crippen LogP contribution in [0.4, 0.5) is 0 Å². The average molecular weight is 256 g/mol. The summed E-state index contributed by atoms with van der Waals surface area (Å²) in [4.78, 5) is 0. The molecule has 0 aliphatic rings. The summed E-state index contributed by atoms with van der Waals surface area (Å²) < 4.78 is 0. The monoisotopic (exact) mass is 256 g/mol. The number of aromatic hydroxyl groups is 2.